The highest BCUT2D eigenvalue weighted by Gasteiger charge is 2.37. The van der Waals surface area contributed by atoms with Crippen LogP contribution in [0.2, 0.25) is 0 Å². The number of hydrogen-bond donors (Lipinski definition) is 2. The number of nitrogens with zero attached hydrogens (tertiary/aromatic N) is 4. The molecule has 0 unspecified atom stereocenters. The van der Waals surface area contributed by atoms with Crippen molar-refractivity contribution in [2.75, 3.05) is 19.6 Å². The quantitative estimate of drug-likeness (QED) is 0.247. The second-order valence-electron chi connectivity index (χ2n) is 10.9. The Bertz CT molecular complexity index is 1970. The summed E-state index contributed by atoms with van der Waals surface area (Å²) in [5.41, 5.74) is 1.69. The van der Waals surface area contributed by atoms with Gasteiger partial charge in [-0.2, -0.15) is 8.78 Å². The molecule has 0 radical (unpaired) electrons. The fourth-order valence-electron chi connectivity index (χ4n) is 5.58. The minimum atomic E-state index is -4.10. The molecule has 0 spiro atoms. The number of alkyl halides is 2. The third-order valence-electron chi connectivity index (χ3n) is 7.96. The van der Waals surface area contributed by atoms with Crippen molar-refractivity contribution in [2.45, 2.75) is 43.1 Å². The smallest absolute Gasteiger partial charge is 0.407 e. The van der Waals surface area contributed by atoms with E-state index >= 15 is 8.78 Å². The maximum Gasteiger partial charge on any atom is 0.407 e. The predicted octanol–water partition coefficient (Wildman–Crippen LogP) is 4.89. The molecular weight excluding hydrogens is 606 g/mol. The molecule has 4 heterocycles. The summed E-state index contributed by atoms with van der Waals surface area (Å²) in [5, 5.41) is 2.45. The van der Waals surface area contributed by atoms with Crippen LogP contribution in [0.5, 0.6) is 0 Å². The number of piperidine rings is 1. The van der Waals surface area contributed by atoms with Crippen LogP contribution in [0.1, 0.15) is 42.6 Å². The van der Waals surface area contributed by atoms with Crippen LogP contribution < -0.4 is 5.32 Å². The van der Waals surface area contributed by atoms with Crippen LogP contribution in [-0.2, 0) is 32.1 Å². The first-order valence-electron chi connectivity index (χ1n) is 14.3. The summed E-state index contributed by atoms with van der Waals surface area (Å²) in [5.74, 6) is -4.56. The van der Waals surface area contributed by atoms with Crippen LogP contribution >= 0.6 is 0 Å². The Balaban J connectivity index is 1.35. The van der Waals surface area contributed by atoms with E-state index in [-0.39, 0.29) is 40.0 Å². The number of aromatic nitrogens is 4. The van der Waals surface area contributed by atoms with Crippen LogP contribution in [0.3, 0.4) is 0 Å². The maximum atomic E-state index is 15.4. The summed E-state index contributed by atoms with van der Waals surface area (Å²) in [6.07, 6.45) is 2.82. The molecule has 45 heavy (non-hydrogen) atoms. The van der Waals surface area contributed by atoms with Gasteiger partial charge in [-0.25, -0.2) is 27.2 Å². The maximum absolute atomic E-state index is 15.4. The molecule has 2 aromatic carbocycles. The van der Waals surface area contributed by atoms with Crippen molar-refractivity contribution in [3.63, 3.8) is 0 Å². The second kappa shape index (κ2) is 11.9. The lowest BCUT2D eigenvalue weighted by molar-refractivity contribution is -0.129. The standard InChI is InChI=1S/C31H30F2N6O5S/c1-20(40)38-14-12-22(13-15-38)24-17-39(45(42,43)23-10-6-3-7-11-23)28-26(24)27-25(16-34-28)36-29(37-27)31(32,33)19-35-30(41)44-18-21-8-4-2-5-9-21/h2-11,16-17,22H,12-15,18-19H2,1H3,(H,35,41)(H,36,37). The van der Waals surface area contributed by atoms with Crippen LogP contribution in [0, 0.1) is 0 Å². The number of imidazole rings is 1. The molecule has 2 amide bonds. The van der Waals surface area contributed by atoms with Crippen LogP contribution in [0.4, 0.5) is 13.6 Å². The van der Waals surface area contributed by atoms with Gasteiger partial charge >= 0.3 is 12.0 Å². The van der Waals surface area contributed by atoms with Gasteiger partial charge in [-0.15, -0.1) is 0 Å². The highest BCUT2D eigenvalue weighted by atomic mass is 32.2. The van der Waals surface area contributed by atoms with Crippen molar-refractivity contribution in [2.24, 2.45) is 0 Å². The molecule has 6 rings (SSSR count). The molecule has 0 bridgehead atoms. The molecule has 5 aromatic rings. The molecule has 2 N–H and O–H groups in total. The molecule has 0 saturated carbocycles. The number of H-pyrrole nitrogens is 1. The van der Waals surface area contributed by atoms with Crippen LogP contribution in [0.15, 0.2) is 78.0 Å². The fourth-order valence-corrected chi connectivity index (χ4v) is 6.93. The first-order chi connectivity index (χ1) is 21.5. The zero-order chi connectivity index (χ0) is 31.8. The number of alkyl carbamates (subject to hydrolysis) is 1. The number of rotatable bonds is 8. The summed E-state index contributed by atoms with van der Waals surface area (Å²) in [6.45, 7) is 1.27. The molecular formula is C31H30F2N6O5S. The predicted molar refractivity (Wildman–Crippen MR) is 161 cm³/mol. The van der Waals surface area contributed by atoms with Crippen molar-refractivity contribution in [1.29, 1.82) is 0 Å². The molecule has 1 saturated heterocycles. The third kappa shape index (κ3) is 5.97. The number of nitrogens with one attached hydrogen (secondary N) is 2. The van der Waals surface area contributed by atoms with Gasteiger partial charge in [0.25, 0.3) is 10.0 Å². The minimum Gasteiger partial charge on any atom is -0.445 e. The number of ether oxygens (including phenoxy) is 1. The van der Waals surface area contributed by atoms with Gasteiger partial charge in [0.1, 0.15) is 12.1 Å². The Hall–Kier alpha value is -4.85. The summed E-state index contributed by atoms with van der Waals surface area (Å²) < 4.78 is 64.4. The van der Waals surface area contributed by atoms with Crippen molar-refractivity contribution >= 4 is 44.1 Å². The number of hydrogen-bond acceptors (Lipinski definition) is 7. The van der Waals surface area contributed by atoms with Gasteiger partial charge in [0.2, 0.25) is 5.91 Å². The fraction of sp³-hybridized carbons (Fsp3) is 0.290. The van der Waals surface area contributed by atoms with Gasteiger partial charge in [0, 0.05) is 31.6 Å². The molecule has 234 valence electrons. The van der Waals surface area contributed by atoms with E-state index in [1.165, 1.54) is 31.5 Å². The minimum absolute atomic E-state index is 0.0452. The number of benzene rings is 2. The van der Waals surface area contributed by atoms with E-state index in [1.807, 2.05) is 0 Å². The summed E-state index contributed by atoms with van der Waals surface area (Å²) in [4.78, 5) is 37.0. The van der Waals surface area contributed by atoms with Crippen molar-refractivity contribution in [1.82, 2.24) is 29.1 Å². The lowest BCUT2D eigenvalue weighted by Gasteiger charge is -2.31. The SMILES string of the molecule is CC(=O)N1CCC(c2cn(S(=O)(=O)c3ccccc3)c3ncc4nc(C(F)(F)CNC(=O)OCc5ccccc5)[nH]c4c23)CC1. The molecule has 1 aliphatic heterocycles. The highest BCUT2D eigenvalue weighted by Crippen LogP contribution is 2.39. The first-order valence-corrected chi connectivity index (χ1v) is 15.8. The Kier molecular flexibility index (Phi) is 7.99. The zero-order valence-corrected chi connectivity index (χ0v) is 25.1. The summed E-state index contributed by atoms with van der Waals surface area (Å²) in [6, 6.07) is 16.7. The largest absolute Gasteiger partial charge is 0.445 e. The van der Waals surface area contributed by atoms with Crippen LogP contribution in [0.25, 0.3) is 22.1 Å². The van der Waals surface area contributed by atoms with Gasteiger partial charge in [0.05, 0.1) is 23.2 Å². The van der Waals surface area contributed by atoms with E-state index in [9.17, 15) is 18.0 Å². The van der Waals surface area contributed by atoms with E-state index in [1.54, 1.807) is 53.4 Å². The molecule has 14 heteroatoms. The monoisotopic (exact) mass is 636 g/mol. The Labute approximate surface area is 257 Å². The number of pyridine rings is 1. The number of fused-ring (bicyclic) bond motifs is 3. The number of carbonyl (C=O) groups is 2. The number of likely N-dealkylation sites (tertiary alicyclic amines) is 1. The molecule has 1 aliphatic rings. The summed E-state index contributed by atoms with van der Waals surface area (Å²) in [7, 11) is -4.10. The lowest BCUT2D eigenvalue weighted by Crippen LogP contribution is -2.36. The zero-order valence-electron chi connectivity index (χ0n) is 24.2. The topological polar surface area (TPSA) is 139 Å². The van der Waals surface area contributed by atoms with E-state index in [0.29, 0.717) is 42.4 Å². The number of carbonyl (C=O) groups excluding carboxylic acids is 2. The van der Waals surface area contributed by atoms with Crippen molar-refractivity contribution in [3.05, 3.63) is 90.0 Å². The Morgan fingerprint density at radius 3 is 2.40 bits per heavy atom. The molecule has 1 fully saturated rings. The van der Waals surface area contributed by atoms with E-state index in [2.05, 4.69) is 20.3 Å². The van der Waals surface area contributed by atoms with E-state index in [4.69, 9.17) is 4.74 Å². The van der Waals surface area contributed by atoms with E-state index in [0.717, 1.165) is 3.97 Å². The average Bonchev–Trinajstić information content (AvgIpc) is 3.67. The third-order valence-corrected chi connectivity index (χ3v) is 9.63. The number of halogens is 2. The second-order valence-corrected chi connectivity index (χ2v) is 12.7. The van der Waals surface area contributed by atoms with E-state index < -0.39 is 34.4 Å². The van der Waals surface area contributed by atoms with Crippen molar-refractivity contribution in [3.8, 4) is 0 Å². The Morgan fingerprint density at radius 1 is 1.07 bits per heavy atom. The van der Waals surface area contributed by atoms with Gasteiger partial charge < -0.3 is 19.9 Å². The van der Waals surface area contributed by atoms with Crippen LogP contribution in [-0.4, -0.2) is 63.9 Å². The van der Waals surface area contributed by atoms with Gasteiger partial charge in [-0.1, -0.05) is 48.5 Å². The van der Waals surface area contributed by atoms with Crippen molar-refractivity contribution < 1.29 is 31.5 Å². The molecule has 3 aromatic heterocycles. The van der Waals surface area contributed by atoms with Gasteiger partial charge in [-0.3, -0.25) is 4.79 Å². The highest BCUT2D eigenvalue weighted by molar-refractivity contribution is 7.90. The number of aromatic amines is 1. The average molecular weight is 637 g/mol. The lowest BCUT2D eigenvalue weighted by atomic mass is 9.89. The molecule has 0 aliphatic carbocycles. The number of amides is 2. The normalized spacial score (nSPS) is 14.6. The Morgan fingerprint density at radius 2 is 1.73 bits per heavy atom. The van der Waals surface area contributed by atoms with Gasteiger partial charge in [-0.05, 0) is 42.0 Å². The van der Waals surface area contributed by atoms with Gasteiger partial charge in [0.15, 0.2) is 11.5 Å². The first kappa shape index (κ1) is 30.2. The summed E-state index contributed by atoms with van der Waals surface area (Å²) >= 11 is 0. The molecule has 0 atom stereocenters. The molecule has 11 nitrogen and oxygen atoms in total.